The molecule has 2 N–H and O–H groups in total. The van der Waals surface area contributed by atoms with E-state index in [9.17, 15) is 9.59 Å². The standard InChI is InChI=1S/C19H23ClN4O2S/c1-24(2)13-8-9-17(21-12-13)23-19(26)16(10-11-27-3)22-18(25)14-6-4-5-7-15(14)20/h4-9,12,16H,10-11H2,1-3H3,(H,22,25)(H,21,23,26). The number of carbonyl (C=O) groups excluding carboxylic acids is 2. The van der Waals surface area contributed by atoms with Crippen molar-refractivity contribution in [2.24, 2.45) is 0 Å². The van der Waals surface area contributed by atoms with Crippen molar-refractivity contribution >= 4 is 46.7 Å². The lowest BCUT2D eigenvalue weighted by molar-refractivity contribution is -0.118. The number of carbonyl (C=O) groups is 2. The van der Waals surface area contributed by atoms with Gasteiger partial charge in [-0.3, -0.25) is 9.59 Å². The molecule has 8 heteroatoms. The highest BCUT2D eigenvalue weighted by atomic mass is 35.5. The molecule has 0 radical (unpaired) electrons. The van der Waals surface area contributed by atoms with Crippen LogP contribution in [0.2, 0.25) is 5.02 Å². The zero-order chi connectivity index (χ0) is 19.8. The Morgan fingerprint density at radius 2 is 1.96 bits per heavy atom. The lowest BCUT2D eigenvalue weighted by Crippen LogP contribution is -2.44. The Labute approximate surface area is 168 Å². The number of benzene rings is 1. The Bertz CT molecular complexity index is 784. The van der Waals surface area contributed by atoms with E-state index in [0.29, 0.717) is 22.8 Å². The largest absolute Gasteiger partial charge is 0.376 e. The molecule has 0 aliphatic carbocycles. The van der Waals surface area contributed by atoms with Crippen LogP contribution in [0.1, 0.15) is 16.8 Å². The highest BCUT2D eigenvalue weighted by Crippen LogP contribution is 2.16. The molecule has 0 fully saturated rings. The van der Waals surface area contributed by atoms with Crippen molar-refractivity contribution in [1.82, 2.24) is 10.3 Å². The first-order valence-corrected chi connectivity index (χ1v) is 10.2. The third-order valence-electron chi connectivity index (χ3n) is 3.87. The number of rotatable bonds is 8. The highest BCUT2D eigenvalue weighted by Gasteiger charge is 2.22. The quantitative estimate of drug-likeness (QED) is 0.703. The minimum Gasteiger partial charge on any atom is -0.376 e. The summed E-state index contributed by atoms with van der Waals surface area (Å²) in [6.45, 7) is 0. The molecule has 1 atom stereocenters. The van der Waals surface area contributed by atoms with Crippen molar-refractivity contribution in [2.75, 3.05) is 36.3 Å². The molecule has 1 heterocycles. The van der Waals surface area contributed by atoms with E-state index < -0.39 is 6.04 Å². The lowest BCUT2D eigenvalue weighted by Gasteiger charge is -2.19. The first-order chi connectivity index (χ1) is 12.9. The van der Waals surface area contributed by atoms with Gasteiger partial charge < -0.3 is 15.5 Å². The van der Waals surface area contributed by atoms with Crippen LogP contribution in [-0.2, 0) is 4.79 Å². The van der Waals surface area contributed by atoms with Crippen LogP contribution in [0.5, 0.6) is 0 Å². The van der Waals surface area contributed by atoms with Gasteiger partial charge in [0.15, 0.2) is 0 Å². The number of hydrogen-bond acceptors (Lipinski definition) is 5. The average Bonchev–Trinajstić information content (AvgIpc) is 2.65. The number of pyridine rings is 1. The van der Waals surface area contributed by atoms with Crippen molar-refractivity contribution in [3.63, 3.8) is 0 Å². The Hall–Kier alpha value is -2.25. The maximum absolute atomic E-state index is 12.7. The van der Waals surface area contributed by atoms with E-state index in [1.807, 2.05) is 31.3 Å². The molecule has 2 rings (SSSR count). The molecule has 2 aromatic rings. The van der Waals surface area contributed by atoms with Crippen molar-refractivity contribution in [1.29, 1.82) is 0 Å². The fourth-order valence-corrected chi connectivity index (χ4v) is 3.02. The molecule has 1 aromatic carbocycles. The first kappa shape index (κ1) is 21.1. The second-order valence-corrected chi connectivity index (χ2v) is 7.47. The summed E-state index contributed by atoms with van der Waals surface area (Å²) >= 11 is 7.68. The first-order valence-electron chi connectivity index (χ1n) is 8.41. The number of amides is 2. The molecule has 144 valence electrons. The predicted octanol–water partition coefficient (Wildman–Crippen LogP) is 3.29. The number of hydrogen-bond donors (Lipinski definition) is 2. The topological polar surface area (TPSA) is 74.3 Å². The van der Waals surface area contributed by atoms with E-state index in [-0.39, 0.29) is 11.8 Å². The minimum absolute atomic E-state index is 0.311. The molecule has 1 unspecified atom stereocenters. The van der Waals surface area contributed by atoms with Gasteiger partial charge in [0.05, 0.1) is 22.5 Å². The number of nitrogens with one attached hydrogen (secondary N) is 2. The zero-order valence-electron chi connectivity index (χ0n) is 15.5. The predicted molar refractivity (Wildman–Crippen MR) is 113 cm³/mol. The number of halogens is 1. The van der Waals surface area contributed by atoms with Crippen LogP contribution in [0.3, 0.4) is 0 Å². The van der Waals surface area contributed by atoms with Crippen molar-refractivity contribution in [3.8, 4) is 0 Å². The average molecular weight is 407 g/mol. The molecule has 27 heavy (non-hydrogen) atoms. The normalized spacial score (nSPS) is 11.6. The molecule has 0 bridgehead atoms. The van der Waals surface area contributed by atoms with Gasteiger partial charge in [0.25, 0.3) is 5.91 Å². The molecule has 2 amide bonds. The summed E-state index contributed by atoms with van der Waals surface area (Å²) in [6.07, 6.45) is 4.13. The Morgan fingerprint density at radius 3 is 2.56 bits per heavy atom. The highest BCUT2D eigenvalue weighted by molar-refractivity contribution is 7.98. The molecule has 6 nitrogen and oxygen atoms in total. The van der Waals surface area contributed by atoms with E-state index in [4.69, 9.17) is 11.6 Å². The summed E-state index contributed by atoms with van der Waals surface area (Å²) in [7, 11) is 3.83. The number of aromatic nitrogens is 1. The van der Waals surface area contributed by atoms with E-state index >= 15 is 0 Å². The minimum atomic E-state index is -0.684. The van der Waals surface area contributed by atoms with Crippen LogP contribution >= 0.6 is 23.4 Å². The molecule has 0 aliphatic heterocycles. The fraction of sp³-hybridized carbons (Fsp3) is 0.316. The van der Waals surface area contributed by atoms with Gasteiger partial charge in [0, 0.05) is 14.1 Å². The van der Waals surface area contributed by atoms with Crippen LogP contribution in [0.4, 0.5) is 11.5 Å². The molecule has 0 aliphatic rings. The molecular weight excluding hydrogens is 384 g/mol. The van der Waals surface area contributed by atoms with E-state index in [1.165, 1.54) is 0 Å². The summed E-state index contributed by atoms with van der Waals surface area (Å²) < 4.78 is 0. The van der Waals surface area contributed by atoms with Gasteiger partial charge in [0.2, 0.25) is 5.91 Å². The summed E-state index contributed by atoms with van der Waals surface area (Å²) in [5, 5.41) is 5.88. The number of thioether (sulfide) groups is 1. The van der Waals surface area contributed by atoms with Crippen molar-refractivity contribution in [3.05, 3.63) is 53.2 Å². The van der Waals surface area contributed by atoms with Crippen molar-refractivity contribution < 1.29 is 9.59 Å². The molecule has 0 saturated carbocycles. The van der Waals surface area contributed by atoms with Gasteiger partial charge in [-0.15, -0.1) is 0 Å². The smallest absolute Gasteiger partial charge is 0.253 e. The van der Waals surface area contributed by atoms with Gasteiger partial charge in [-0.25, -0.2) is 4.98 Å². The van der Waals surface area contributed by atoms with Gasteiger partial charge in [-0.1, -0.05) is 23.7 Å². The van der Waals surface area contributed by atoms with Crippen LogP contribution < -0.4 is 15.5 Å². The van der Waals surface area contributed by atoms with Gasteiger partial charge in [-0.05, 0) is 42.7 Å². The third kappa shape index (κ3) is 6.15. The fourth-order valence-electron chi connectivity index (χ4n) is 2.32. The number of anilines is 2. The SMILES string of the molecule is CSCCC(NC(=O)c1ccccc1Cl)C(=O)Nc1ccc(N(C)C)cn1. The lowest BCUT2D eigenvalue weighted by atomic mass is 10.1. The van der Waals surface area contributed by atoms with Gasteiger partial charge in [-0.2, -0.15) is 11.8 Å². The molecule has 0 spiro atoms. The van der Waals surface area contributed by atoms with Crippen LogP contribution in [0, 0.1) is 0 Å². The Balaban J connectivity index is 2.08. The van der Waals surface area contributed by atoms with Gasteiger partial charge >= 0.3 is 0 Å². The molecule has 1 aromatic heterocycles. The zero-order valence-corrected chi connectivity index (χ0v) is 17.1. The van der Waals surface area contributed by atoms with E-state index in [2.05, 4.69) is 15.6 Å². The maximum atomic E-state index is 12.7. The van der Waals surface area contributed by atoms with Crippen LogP contribution in [0.15, 0.2) is 42.6 Å². The van der Waals surface area contributed by atoms with E-state index in [1.54, 1.807) is 48.3 Å². The van der Waals surface area contributed by atoms with Crippen LogP contribution in [-0.4, -0.2) is 48.9 Å². The van der Waals surface area contributed by atoms with Crippen molar-refractivity contribution in [2.45, 2.75) is 12.5 Å². The number of nitrogens with zero attached hydrogens (tertiary/aromatic N) is 2. The molecular formula is C19H23ClN4O2S. The second-order valence-electron chi connectivity index (χ2n) is 6.07. The van der Waals surface area contributed by atoms with Crippen LogP contribution in [0.25, 0.3) is 0 Å². The second kappa shape index (κ2) is 10.2. The van der Waals surface area contributed by atoms with Gasteiger partial charge in [0.1, 0.15) is 11.9 Å². The summed E-state index contributed by atoms with van der Waals surface area (Å²) in [4.78, 5) is 31.3. The Morgan fingerprint density at radius 1 is 1.22 bits per heavy atom. The van der Waals surface area contributed by atoms with E-state index in [0.717, 1.165) is 11.4 Å². The Kier molecular flexibility index (Phi) is 7.94. The maximum Gasteiger partial charge on any atom is 0.253 e. The summed E-state index contributed by atoms with van der Waals surface area (Å²) in [5.74, 6) is 0.479. The summed E-state index contributed by atoms with van der Waals surface area (Å²) in [5.41, 5.74) is 1.27. The molecule has 0 saturated heterocycles. The summed E-state index contributed by atoms with van der Waals surface area (Å²) in [6, 6.07) is 9.66. The monoisotopic (exact) mass is 406 g/mol. The third-order valence-corrected chi connectivity index (χ3v) is 4.84.